The van der Waals surface area contributed by atoms with E-state index in [0.717, 1.165) is 18.6 Å². The van der Waals surface area contributed by atoms with E-state index in [4.69, 9.17) is 4.74 Å². The van der Waals surface area contributed by atoms with Gasteiger partial charge in [0.05, 0.1) is 6.10 Å². The summed E-state index contributed by atoms with van der Waals surface area (Å²) < 4.78 is 5.89. The molecule has 0 amide bonds. The van der Waals surface area contributed by atoms with E-state index in [0.29, 0.717) is 6.10 Å². The highest BCUT2D eigenvalue weighted by molar-refractivity contribution is 4.78. The number of nitrogens with zero attached hydrogens (tertiary/aromatic N) is 1. The lowest BCUT2D eigenvalue weighted by molar-refractivity contribution is -0.00571. The number of likely N-dealkylation sites (tertiary alicyclic amines) is 1. The number of piperidine rings is 1. The molecule has 0 aromatic carbocycles. The predicted molar refractivity (Wildman–Crippen MR) is 69.8 cm³/mol. The van der Waals surface area contributed by atoms with Crippen LogP contribution in [0.3, 0.4) is 0 Å². The van der Waals surface area contributed by atoms with E-state index in [1.165, 1.54) is 38.8 Å². The van der Waals surface area contributed by atoms with Crippen LogP contribution in [-0.2, 0) is 4.74 Å². The topological polar surface area (TPSA) is 12.5 Å². The second kappa shape index (κ2) is 7.29. The second-order valence-corrected chi connectivity index (χ2v) is 5.44. The van der Waals surface area contributed by atoms with E-state index in [1.54, 1.807) is 0 Å². The molecule has 1 aliphatic heterocycles. The van der Waals surface area contributed by atoms with Crippen LogP contribution in [0.25, 0.3) is 0 Å². The Labute approximate surface area is 101 Å². The third-order valence-electron chi connectivity index (χ3n) is 3.87. The van der Waals surface area contributed by atoms with Gasteiger partial charge in [0.1, 0.15) is 0 Å². The minimum Gasteiger partial charge on any atom is -0.378 e. The van der Waals surface area contributed by atoms with E-state index in [-0.39, 0.29) is 0 Å². The zero-order valence-corrected chi connectivity index (χ0v) is 11.5. The van der Waals surface area contributed by atoms with Gasteiger partial charge in [-0.15, -0.1) is 0 Å². The first-order valence-electron chi connectivity index (χ1n) is 7.00. The minimum absolute atomic E-state index is 0.530. The second-order valence-electron chi connectivity index (χ2n) is 5.44. The van der Waals surface area contributed by atoms with E-state index < -0.39 is 0 Å². The zero-order valence-electron chi connectivity index (χ0n) is 11.5. The van der Waals surface area contributed by atoms with E-state index in [2.05, 4.69) is 32.6 Å². The maximum atomic E-state index is 5.89. The van der Waals surface area contributed by atoms with Crippen molar-refractivity contribution >= 4 is 0 Å². The predicted octanol–water partition coefficient (Wildman–Crippen LogP) is 3.31. The van der Waals surface area contributed by atoms with Gasteiger partial charge in [0.25, 0.3) is 0 Å². The molecule has 1 rings (SSSR count). The summed E-state index contributed by atoms with van der Waals surface area (Å²) in [6, 6.07) is 0.719. The Balaban J connectivity index is 2.18. The van der Waals surface area contributed by atoms with Gasteiger partial charge < -0.3 is 9.64 Å². The Morgan fingerprint density at radius 2 is 1.81 bits per heavy atom. The van der Waals surface area contributed by atoms with Crippen molar-refractivity contribution in [1.29, 1.82) is 0 Å². The first-order valence-corrected chi connectivity index (χ1v) is 7.00. The molecule has 0 radical (unpaired) electrons. The highest BCUT2D eigenvalue weighted by Gasteiger charge is 2.24. The fourth-order valence-electron chi connectivity index (χ4n) is 2.27. The quantitative estimate of drug-likeness (QED) is 0.645. The first-order chi connectivity index (χ1) is 7.65. The highest BCUT2D eigenvalue weighted by atomic mass is 16.5. The molecule has 2 nitrogen and oxygen atoms in total. The Bertz CT molecular complexity index is 174. The molecule has 1 heterocycles. The number of rotatable bonds is 6. The Morgan fingerprint density at radius 3 is 2.31 bits per heavy atom. The highest BCUT2D eigenvalue weighted by Crippen LogP contribution is 2.19. The number of unbranched alkanes of at least 4 members (excludes halogenated alkanes) is 1. The van der Waals surface area contributed by atoms with Crippen LogP contribution in [-0.4, -0.2) is 36.7 Å². The van der Waals surface area contributed by atoms with Crippen LogP contribution in [0, 0.1) is 5.92 Å². The summed E-state index contributed by atoms with van der Waals surface area (Å²) in [5.74, 6) is 0.762. The van der Waals surface area contributed by atoms with Crippen molar-refractivity contribution in [2.45, 2.75) is 65.5 Å². The van der Waals surface area contributed by atoms with Crippen molar-refractivity contribution in [3.8, 4) is 0 Å². The molecule has 0 spiro atoms. The van der Waals surface area contributed by atoms with Gasteiger partial charge in [-0.25, -0.2) is 0 Å². The van der Waals surface area contributed by atoms with Gasteiger partial charge in [0, 0.05) is 25.7 Å². The summed E-state index contributed by atoms with van der Waals surface area (Å²) in [7, 11) is 0. The Kier molecular flexibility index (Phi) is 6.37. The summed E-state index contributed by atoms with van der Waals surface area (Å²) in [5, 5.41) is 0. The van der Waals surface area contributed by atoms with Gasteiger partial charge >= 0.3 is 0 Å². The maximum absolute atomic E-state index is 5.89. The largest absolute Gasteiger partial charge is 0.378 e. The fraction of sp³-hybridized carbons (Fsp3) is 1.00. The summed E-state index contributed by atoms with van der Waals surface area (Å²) >= 11 is 0. The lowest BCUT2D eigenvalue weighted by Crippen LogP contribution is -2.44. The van der Waals surface area contributed by atoms with Gasteiger partial charge in [0.2, 0.25) is 0 Å². The molecule has 1 saturated heterocycles. The summed E-state index contributed by atoms with van der Waals surface area (Å²) in [6.07, 6.45) is 5.43. The third kappa shape index (κ3) is 4.42. The van der Waals surface area contributed by atoms with E-state index in [1.807, 2.05) is 0 Å². The third-order valence-corrected chi connectivity index (χ3v) is 3.87. The molecule has 2 heteroatoms. The average Bonchev–Trinajstić information content (AvgIpc) is 2.29. The molecule has 1 unspecified atom stereocenters. The van der Waals surface area contributed by atoms with Crippen molar-refractivity contribution in [2.75, 3.05) is 19.7 Å². The van der Waals surface area contributed by atoms with Crippen LogP contribution in [0.2, 0.25) is 0 Å². The number of hydrogen-bond acceptors (Lipinski definition) is 2. The molecular formula is C14H29NO. The van der Waals surface area contributed by atoms with Crippen molar-refractivity contribution in [3.05, 3.63) is 0 Å². The van der Waals surface area contributed by atoms with Crippen LogP contribution >= 0.6 is 0 Å². The SMILES string of the molecule is CCCCOC1CCN(C(C)C(C)C)CC1. The minimum atomic E-state index is 0.530. The van der Waals surface area contributed by atoms with Gasteiger partial charge in [0.15, 0.2) is 0 Å². The summed E-state index contributed by atoms with van der Waals surface area (Å²) in [5.41, 5.74) is 0. The molecule has 0 aliphatic carbocycles. The molecule has 1 fully saturated rings. The van der Waals surface area contributed by atoms with Crippen molar-refractivity contribution in [1.82, 2.24) is 4.90 Å². The van der Waals surface area contributed by atoms with Crippen LogP contribution in [0.4, 0.5) is 0 Å². The summed E-state index contributed by atoms with van der Waals surface area (Å²) in [4.78, 5) is 2.62. The monoisotopic (exact) mass is 227 g/mol. The lowest BCUT2D eigenvalue weighted by Gasteiger charge is -2.37. The van der Waals surface area contributed by atoms with Crippen LogP contribution in [0.5, 0.6) is 0 Å². The smallest absolute Gasteiger partial charge is 0.0599 e. The van der Waals surface area contributed by atoms with Crippen LogP contribution in [0.1, 0.15) is 53.4 Å². The molecule has 1 atom stereocenters. The Morgan fingerprint density at radius 1 is 1.19 bits per heavy atom. The van der Waals surface area contributed by atoms with Gasteiger partial charge in [-0.05, 0) is 32.1 Å². The maximum Gasteiger partial charge on any atom is 0.0599 e. The molecule has 16 heavy (non-hydrogen) atoms. The molecule has 96 valence electrons. The van der Waals surface area contributed by atoms with E-state index in [9.17, 15) is 0 Å². The van der Waals surface area contributed by atoms with E-state index >= 15 is 0 Å². The number of ether oxygens (including phenoxy) is 1. The van der Waals surface area contributed by atoms with Gasteiger partial charge in [-0.2, -0.15) is 0 Å². The lowest BCUT2D eigenvalue weighted by atomic mass is 10.00. The van der Waals surface area contributed by atoms with Crippen LogP contribution < -0.4 is 0 Å². The number of hydrogen-bond donors (Lipinski definition) is 0. The molecule has 0 N–H and O–H groups in total. The zero-order chi connectivity index (χ0) is 12.0. The van der Waals surface area contributed by atoms with Gasteiger partial charge in [-0.3, -0.25) is 0 Å². The molecule has 0 aromatic heterocycles. The molecule has 0 bridgehead atoms. The molecular weight excluding hydrogens is 198 g/mol. The first kappa shape index (κ1) is 14.0. The summed E-state index contributed by atoms with van der Waals surface area (Å²) in [6.45, 7) is 12.6. The standard InChI is InChI=1S/C14H29NO/c1-5-6-11-16-14-7-9-15(10-8-14)13(4)12(2)3/h12-14H,5-11H2,1-4H3. The van der Waals surface area contributed by atoms with Crippen LogP contribution in [0.15, 0.2) is 0 Å². The molecule has 0 aromatic rings. The Hall–Kier alpha value is -0.0800. The molecule has 0 saturated carbocycles. The normalized spacial score (nSPS) is 21.6. The fourth-order valence-corrected chi connectivity index (χ4v) is 2.27. The van der Waals surface area contributed by atoms with Crippen molar-refractivity contribution in [2.24, 2.45) is 5.92 Å². The molecule has 1 aliphatic rings. The van der Waals surface area contributed by atoms with Crippen molar-refractivity contribution in [3.63, 3.8) is 0 Å². The van der Waals surface area contributed by atoms with Crippen molar-refractivity contribution < 1.29 is 4.74 Å². The van der Waals surface area contributed by atoms with Gasteiger partial charge in [-0.1, -0.05) is 27.2 Å². The average molecular weight is 227 g/mol.